The van der Waals surface area contributed by atoms with Crippen molar-refractivity contribution in [3.63, 3.8) is 0 Å². The van der Waals surface area contributed by atoms with Crippen molar-refractivity contribution in [1.82, 2.24) is 5.32 Å². The van der Waals surface area contributed by atoms with Crippen LogP contribution >= 0.6 is 23.4 Å². The molecule has 0 fully saturated rings. The molecule has 116 valence electrons. The summed E-state index contributed by atoms with van der Waals surface area (Å²) < 4.78 is 0. The molecule has 0 aromatic heterocycles. The van der Waals surface area contributed by atoms with Crippen molar-refractivity contribution in [3.05, 3.63) is 29.3 Å². The first-order chi connectivity index (χ1) is 9.90. The minimum atomic E-state index is -0.798. The highest BCUT2D eigenvalue weighted by molar-refractivity contribution is 8.00. The molecule has 2 atom stereocenters. The lowest BCUT2D eigenvalue weighted by Crippen LogP contribution is -2.31. The smallest absolute Gasteiger partial charge is 0.306 e. The molecule has 1 aromatic rings. The van der Waals surface area contributed by atoms with Crippen LogP contribution in [0.15, 0.2) is 29.2 Å². The Kier molecular flexibility index (Phi) is 7.61. The number of carbonyl (C=O) groups excluding carboxylic acids is 1. The average Bonchev–Trinajstić information content (AvgIpc) is 2.45. The van der Waals surface area contributed by atoms with E-state index in [0.29, 0.717) is 24.4 Å². The maximum atomic E-state index is 11.9. The van der Waals surface area contributed by atoms with Crippen LogP contribution in [-0.2, 0) is 9.59 Å². The van der Waals surface area contributed by atoms with Crippen molar-refractivity contribution in [2.45, 2.75) is 36.8 Å². The molecule has 0 spiro atoms. The molecule has 1 amide bonds. The zero-order valence-corrected chi connectivity index (χ0v) is 13.7. The predicted octanol–water partition coefficient (Wildman–Crippen LogP) is 3.44. The summed E-state index contributed by atoms with van der Waals surface area (Å²) in [7, 11) is 0. The molecule has 0 saturated heterocycles. The van der Waals surface area contributed by atoms with E-state index in [9.17, 15) is 9.59 Å². The van der Waals surface area contributed by atoms with Crippen LogP contribution in [0, 0.1) is 5.92 Å². The Morgan fingerprint density at radius 1 is 1.29 bits per heavy atom. The lowest BCUT2D eigenvalue weighted by Gasteiger charge is -2.12. The minimum absolute atomic E-state index is 0.0436. The van der Waals surface area contributed by atoms with E-state index in [1.165, 1.54) is 11.8 Å². The van der Waals surface area contributed by atoms with Gasteiger partial charge in [0.1, 0.15) is 0 Å². The number of carbonyl (C=O) groups is 2. The zero-order valence-electron chi connectivity index (χ0n) is 12.1. The van der Waals surface area contributed by atoms with Gasteiger partial charge in [-0.2, -0.15) is 0 Å². The number of nitrogens with one attached hydrogen (secondary N) is 1. The van der Waals surface area contributed by atoms with Crippen LogP contribution in [0.1, 0.15) is 26.7 Å². The molecule has 4 nitrogen and oxygen atoms in total. The van der Waals surface area contributed by atoms with Gasteiger partial charge in [-0.25, -0.2) is 0 Å². The fourth-order valence-corrected chi connectivity index (χ4v) is 2.68. The van der Waals surface area contributed by atoms with Crippen molar-refractivity contribution in [2.75, 3.05) is 6.54 Å². The minimum Gasteiger partial charge on any atom is -0.481 e. The van der Waals surface area contributed by atoms with Gasteiger partial charge in [-0.05, 0) is 44.0 Å². The summed E-state index contributed by atoms with van der Waals surface area (Å²) in [5, 5.41) is 12.1. The summed E-state index contributed by atoms with van der Waals surface area (Å²) in [5.74, 6) is -1.21. The van der Waals surface area contributed by atoms with E-state index in [1.54, 1.807) is 19.1 Å². The molecule has 1 aromatic carbocycles. The summed E-state index contributed by atoms with van der Waals surface area (Å²) in [5.41, 5.74) is 0. The molecule has 21 heavy (non-hydrogen) atoms. The maximum Gasteiger partial charge on any atom is 0.306 e. The molecule has 0 aliphatic heterocycles. The monoisotopic (exact) mass is 329 g/mol. The van der Waals surface area contributed by atoms with Crippen LogP contribution < -0.4 is 5.32 Å². The highest BCUT2D eigenvalue weighted by Crippen LogP contribution is 2.24. The second-order valence-corrected chi connectivity index (χ2v) is 6.74. The van der Waals surface area contributed by atoms with Crippen LogP contribution in [0.3, 0.4) is 0 Å². The molecule has 0 aliphatic rings. The van der Waals surface area contributed by atoms with Gasteiger partial charge in [0.2, 0.25) is 5.91 Å². The third-order valence-electron chi connectivity index (χ3n) is 3.03. The first-order valence-corrected chi connectivity index (χ1v) is 8.08. The molecule has 6 heteroatoms. The fourth-order valence-electron chi connectivity index (χ4n) is 1.66. The Labute approximate surface area is 134 Å². The van der Waals surface area contributed by atoms with Gasteiger partial charge in [0.25, 0.3) is 0 Å². The number of benzene rings is 1. The summed E-state index contributed by atoms with van der Waals surface area (Å²) in [6.45, 7) is 4.01. The highest BCUT2D eigenvalue weighted by atomic mass is 35.5. The number of halogens is 1. The van der Waals surface area contributed by atoms with Gasteiger partial charge in [-0.15, -0.1) is 11.8 Å². The summed E-state index contributed by atoms with van der Waals surface area (Å²) in [6, 6.07) is 7.35. The van der Waals surface area contributed by atoms with E-state index in [1.807, 2.05) is 19.1 Å². The Balaban J connectivity index is 2.28. The Bertz CT molecular complexity index is 478. The van der Waals surface area contributed by atoms with E-state index < -0.39 is 5.97 Å². The molecule has 2 N–H and O–H groups in total. The molecule has 0 saturated carbocycles. The van der Waals surface area contributed by atoms with Crippen LogP contribution in [0.5, 0.6) is 0 Å². The largest absolute Gasteiger partial charge is 0.481 e. The SMILES string of the molecule is CC(CCCNC(=O)C(C)Sc1ccc(Cl)cc1)C(=O)O. The molecule has 0 aliphatic carbocycles. The zero-order chi connectivity index (χ0) is 15.8. The average molecular weight is 330 g/mol. The molecule has 2 unspecified atom stereocenters. The van der Waals surface area contributed by atoms with Crippen molar-refractivity contribution in [2.24, 2.45) is 5.92 Å². The number of carboxylic acid groups (broad SMARTS) is 1. The number of thioether (sulfide) groups is 1. The van der Waals surface area contributed by atoms with Crippen LogP contribution in [0.25, 0.3) is 0 Å². The third kappa shape index (κ3) is 6.87. The highest BCUT2D eigenvalue weighted by Gasteiger charge is 2.14. The quantitative estimate of drug-likeness (QED) is 0.566. The van der Waals surface area contributed by atoms with Gasteiger partial charge >= 0.3 is 5.97 Å². The van der Waals surface area contributed by atoms with Gasteiger partial charge in [-0.1, -0.05) is 18.5 Å². The van der Waals surface area contributed by atoms with Crippen LogP contribution in [0.2, 0.25) is 5.02 Å². The first kappa shape index (κ1) is 17.9. The first-order valence-electron chi connectivity index (χ1n) is 6.83. The van der Waals surface area contributed by atoms with E-state index >= 15 is 0 Å². The van der Waals surface area contributed by atoms with Gasteiger partial charge in [0.05, 0.1) is 11.2 Å². The van der Waals surface area contributed by atoms with Gasteiger partial charge < -0.3 is 10.4 Å². The molecule has 1 rings (SSSR count). The van der Waals surface area contributed by atoms with Crippen molar-refractivity contribution >= 4 is 35.2 Å². The molecular weight excluding hydrogens is 310 g/mol. The number of hydrogen-bond acceptors (Lipinski definition) is 3. The van der Waals surface area contributed by atoms with Gasteiger partial charge in [0, 0.05) is 16.5 Å². The second-order valence-electron chi connectivity index (χ2n) is 4.89. The Morgan fingerprint density at radius 3 is 2.48 bits per heavy atom. The number of aliphatic carboxylic acids is 1. The predicted molar refractivity (Wildman–Crippen MR) is 85.8 cm³/mol. The van der Waals surface area contributed by atoms with E-state index in [2.05, 4.69) is 5.32 Å². The topological polar surface area (TPSA) is 66.4 Å². The Hall–Kier alpha value is -1.20. The van der Waals surface area contributed by atoms with Crippen molar-refractivity contribution in [1.29, 1.82) is 0 Å². The van der Waals surface area contributed by atoms with Crippen molar-refractivity contribution < 1.29 is 14.7 Å². The van der Waals surface area contributed by atoms with E-state index in [0.717, 1.165) is 4.90 Å². The number of hydrogen-bond donors (Lipinski definition) is 2. The van der Waals surface area contributed by atoms with Gasteiger partial charge in [0.15, 0.2) is 0 Å². The number of amides is 1. The standard InChI is InChI=1S/C15H20ClNO3S/c1-10(15(19)20)4-3-9-17-14(18)11(2)21-13-7-5-12(16)6-8-13/h5-8,10-11H,3-4,9H2,1-2H3,(H,17,18)(H,19,20). The summed E-state index contributed by atoms with van der Waals surface area (Å²) >= 11 is 7.28. The molecule has 0 heterocycles. The number of rotatable bonds is 8. The Morgan fingerprint density at radius 2 is 1.90 bits per heavy atom. The second kappa shape index (κ2) is 8.95. The van der Waals surface area contributed by atoms with E-state index in [4.69, 9.17) is 16.7 Å². The fraction of sp³-hybridized carbons (Fsp3) is 0.467. The van der Waals surface area contributed by atoms with E-state index in [-0.39, 0.29) is 17.1 Å². The summed E-state index contributed by atoms with van der Waals surface area (Å²) in [4.78, 5) is 23.6. The van der Waals surface area contributed by atoms with Crippen molar-refractivity contribution in [3.8, 4) is 0 Å². The lowest BCUT2D eigenvalue weighted by molar-refractivity contribution is -0.141. The third-order valence-corrected chi connectivity index (χ3v) is 4.39. The molecule has 0 radical (unpaired) electrons. The summed E-state index contributed by atoms with van der Waals surface area (Å²) in [6.07, 6.45) is 1.23. The number of carboxylic acids is 1. The lowest BCUT2D eigenvalue weighted by atomic mass is 10.1. The maximum absolute atomic E-state index is 11.9. The van der Waals surface area contributed by atoms with Crippen LogP contribution in [-0.4, -0.2) is 28.8 Å². The normalized spacial score (nSPS) is 13.5. The molecular formula is C15H20ClNO3S. The van der Waals surface area contributed by atoms with Crippen LogP contribution in [0.4, 0.5) is 0 Å². The molecule has 0 bridgehead atoms. The van der Waals surface area contributed by atoms with Gasteiger partial charge in [-0.3, -0.25) is 9.59 Å².